The number of para-hydroxylation sites is 1. The van der Waals surface area contributed by atoms with E-state index >= 15 is 0 Å². The van der Waals surface area contributed by atoms with Crippen LogP contribution >= 0.6 is 0 Å². The Morgan fingerprint density at radius 2 is 1.57 bits per heavy atom. The van der Waals surface area contributed by atoms with Crippen LogP contribution in [0.3, 0.4) is 0 Å². The van der Waals surface area contributed by atoms with Crippen molar-refractivity contribution in [2.45, 2.75) is 78.7 Å². The summed E-state index contributed by atoms with van der Waals surface area (Å²) in [6, 6.07) is 10.0. The number of amides is 3. The zero-order valence-electron chi connectivity index (χ0n) is 23.5. The molecular weight excluding hydrogens is 464 g/mol. The van der Waals surface area contributed by atoms with Gasteiger partial charge < -0.3 is 19.6 Å². The third-order valence-corrected chi connectivity index (χ3v) is 8.47. The molecule has 3 amide bonds. The number of anilines is 1. The fourth-order valence-electron chi connectivity index (χ4n) is 6.51. The molecule has 1 aromatic carbocycles. The molecule has 7 heteroatoms. The molecule has 4 rings (SSSR count). The minimum absolute atomic E-state index is 0.0308. The Morgan fingerprint density at radius 1 is 0.973 bits per heavy atom. The predicted octanol–water partition coefficient (Wildman–Crippen LogP) is 4.37. The first kappa shape index (κ1) is 27.5. The van der Waals surface area contributed by atoms with E-state index in [4.69, 9.17) is 0 Å². The van der Waals surface area contributed by atoms with Crippen LogP contribution in [-0.2, 0) is 14.4 Å². The quantitative estimate of drug-likeness (QED) is 0.570. The number of rotatable bonds is 6. The van der Waals surface area contributed by atoms with E-state index in [9.17, 15) is 14.4 Å². The Hall–Kier alpha value is -2.57. The number of piperidine rings is 2. The van der Waals surface area contributed by atoms with Gasteiger partial charge in [-0.05, 0) is 61.5 Å². The molecule has 0 N–H and O–H groups in total. The fourth-order valence-corrected chi connectivity index (χ4v) is 6.51. The smallest absolute Gasteiger partial charge is 0.250 e. The van der Waals surface area contributed by atoms with Crippen molar-refractivity contribution in [3.8, 4) is 0 Å². The SMILES string of the molecule is CC1CCN(C(=O)CN2CN(c3ccccc3)C3(CCN(C(=O)CC(C)CC(C)(C)C)CC3)C2=O)CC1. The Bertz CT molecular complexity index is 957. The second-order valence-corrected chi connectivity index (χ2v) is 13.0. The lowest BCUT2D eigenvalue weighted by atomic mass is 9.83. The minimum atomic E-state index is -0.703. The number of carbonyl (C=O) groups excluding carboxylic acids is 3. The van der Waals surface area contributed by atoms with Crippen molar-refractivity contribution in [2.24, 2.45) is 17.3 Å². The van der Waals surface area contributed by atoms with Crippen LogP contribution in [0.15, 0.2) is 30.3 Å². The van der Waals surface area contributed by atoms with Gasteiger partial charge in [-0.15, -0.1) is 0 Å². The van der Waals surface area contributed by atoms with Gasteiger partial charge >= 0.3 is 0 Å². The average Bonchev–Trinajstić information content (AvgIpc) is 3.10. The summed E-state index contributed by atoms with van der Waals surface area (Å²) >= 11 is 0. The molecule has 3 saturated heterocycles. The van der Waals surface area contributed by atoms with E-state index in [2.05, 4.69) is 39.5 Å². The lowest BCUT2D eigenvalue weighted by molar-refractivity contribution is -0.142. The molecule has 1 unspecified atom stereocenters. The lowest BCUT2D eigenvalue weighted by Gasteiger charge is -2.43. The van der Waals surface area contributed by atoms with Gasteiger partial charge in [0.15, 0.2) is 0 Å². The van der Waals surface area contributed by atoms with Crippen LogP contribution in [-0.4, -0.2) is 77.4 Å². The lowest BCUT2D eigenvalue weighted by Crippen LogP contribution is -2.57. The second-order valence-electron chi connectivity index (χ2n) is 13.0. The highest BCUT2D eigenvalue weighted by atomic mass is 16.2. The van der Waals surface area contributed by atoms with E-state index in [-0.39, 0.29) is 29.7 Å². The second kappa shape index (κ2) is 11.0. The summed E-state index contributed by atoms with van der Waals surface area (Å²) in [6.07, 6.45) is 4.79. The minimum Gasteiger partial charge on any atom is -0.342 e. The van der Waals surface area contributed by atoms with Gasteiger partial charge in [0.2, 0.25) is 11.8 Å². The number of benzene rings is 1. The standard InChI is InChI=1S/C30H46N4O3/c1-23-11-15-31(16-12-23)27(36)21-33-22-34(25-9-7-6-8-10-25)30(28(33)37)13-17-32(18-14-30)26(35)19-24(2)20-29(3,4)5/h6-10,23-24H,11-22H2,1-5H3. The number of hydrogen-bond acceptors (Lipinski definition) is 4. The third-order valence-electron chi connectivity index (χ3n) is 8.47. The average molecular weight is 511 g/mol. The van der Waals surface area contributed by atoms with Gasteiger partial charge in [-0.3, -0.25) is 14.4 Å². The van der Waals surface area contributed by atoms with Gasteiger partial charge in [-0.2, -0.15) is 0 Å². The molecule has 0 aliphatic carbocycles. The van der Waals surface area contributed by atoms with Crippen LogP contribution in [0.5, 0.6) is 0 Å². The first-order valence-electron chi connectivity index (χ1n) is 14.2. The summed E-state index contributed by atoms with van der Waals surface area (Å²) < 4.78 is 0. The first-order chi connectivity index (χ1) is 17.5. The van der Waals surface area contributed by atoms with Gasteiger partial charge in [0.1, 0.15) is 12.1 Å². The van der Waals surface area contributed by atoms with Gasteiger partial charge in [-0.25, -0.2) is 0 Å². The van der Waals surface area contributed by atoms with E-state index in [1.807, 2.05) is 40.1 Å². The van der Waals surface area contributed by atoms with Gasteiger partial charge in [0, 0.05) is 38.3 Å². The Kier molecular flexibility index (Phi) is 8.20. The van der Waals surface area contributed by atoms with Crippen LogP contribution in [0.1, 0.15) is 73.1 Å². The van der Waals surface area contributed by atoms with Crippen LogP contribution in [0.4, 0.5) is 5.69 Å². The zero-order chi connectivity index (χ0) is 26.8. The maximum Gasteiger partial charge on any atom is 0.250 e. The summed E-state index contributed by atoms with van der Waals surface area (Å²) in [7, 11) is 0. The van der Waals surface area contributed by atoms with Gasteiger partial charge in [0.25, 0.3) is 5.91 Å². The number of likely N-dealkylation sites (tertiary alicyclic amines) is 2. The molecule has 0 radical (unpaired) electrons. The van der Waals surface area contributed by atoms with Crippen LogP contribution in [0, 0.1) is 17.3 Å². The maximum atomic E-state index is 14.0. The number of hydrogen-bond donors (Lipinski definition) is 0. The molecule has 3 heterocycles. The molecule has 3 fully saturated rings. The highest BCUT2D eigenvalue weighted by molar-refractivity contribution is 5.96. The monoisotopic (exact) mass is 510 g/mol. The number of nitrogens with zero attached hydrogens (tertiary/aromatic N) is 4. The topological polar surface area (TPSA) is 64.2 Å². The molecule has 0 aromatic heterocycles. The van der Waals surface area contributed by atoms with Crippen molar-refractivity contribution < 1.29 is 14.4 Å². The maximum absolute atomic E-state index is 14.0. The molecule has 204 valence electrons. The molecule has 3 aliphatic heterocycles. The van der Waals surface area contributed by atoms with Crippen molar-refractivity contribution >= 4 is 23.4 Å². The van der Waals surface area contributed by atoms with Crippen molar-refractivity contribution in [1.29, 1.82) is 0 Å². The highest BCUT2D eigenvalue weighted by Gasteiger charge is 2.54. The van der Waals surface area contributed by atoms with Crippen LogP contribution in [0.25, 0.3) is 0 Å². The highest BCUT2D eigenvalue weighted by Crippen LogP contribution is 2.40. The third kappa shape index (κ3) is 6.29. The summed E-state index contributed by atoms with van der Waals surface area (Å²) in [4.78, 5) is 48.0. The van der Waals surface area contributed by atoms with Crippen molar-refractivity contribution in [3.05, 3.63) is 30.3 Å². The van der Waals surface area contributed by atoms with E-state index in [0.29, 0.717) is 50.9 Å². The van der Waals surface area contributed by atoms with E-state index in [0.717, 1.165) is 38.0 Å². The molecule has 3 aliphatic rings. The normalized spacial score (nSPS) is 21.6. The first-order valence-corrected chi connectivity index (χ1v) is 14.2. The molecule has 1 spiro atoms. The molecule has 37 heavy (non-hydrogen) atoms. The van der Waals surface area contributed by atoms with Gasteiger partial charge in [0.05, 0.1) is 6.67 Å². The predicted molar refractivity (Wildman–Crippen MR) is 147 cm³/mol. The molecule has 0 saturated carbocycles. The van der Waals surface area contributed by atoms with E-state index < -0.39 is 5.54 Å². The molecule has 1 aromatic rings. The Balaban J connectivity index is 1.45. The van der Waals surface area contributed by atoms with Crippen molar-refractivity contribution in [1.82, 2.24) is 14.7 Å². The summed E-state index contributed by atoms with van der Waals surface area (Å²) in [5.41, 5.74) is 0.494. The van der Waals surface area contributed by atoms with Crippen LogP contribution in [0.2, 0.25) is 0 Å². The van der Waals surface area contributed by atoms with Crippen molar-refractivity contribution in [2.75, 3.05) is 44.3 Å². The molecular formula is C30H46N4O3. The van der Waals surface area contributed by atoms with Gasteiger partial charge in [-0.1, -0.05) is 52.8 Å². The number of carbonyl (C=O) groups is 3. The zero-order valence-corrected chi connectivity index (χ0v) is 23.5. The van der Waals surface area contributed by atoms with Crippen LogP contribution < -0.4 is 4.90 Å². The van der Waals surface area contributed by atoms with E-state index in [1.165, 1.54) is 0 Å². The summed E-state index contributed by atoms with van der Waals surface area (Å²) in [5, 5.41) is 0. The largest absolute Gasteiger partial charge is 0.342 e. The van der Waals surface area contributed by atoms with E-state index in [1.54, 1.807) is 4.90 Å². The summed E-state index contributed by atoms with van der Waals surface area (Å²) in [6.45, 7) is 14.3. The molecule has 1 atom stereocenters. The Labute approximate surface area is 223 Å². The summed E-state index contributed by atoms with van der Waals surface area (Å²) in [5.74, 6) is 1.25. The molecule has 0 bridgehead atoms. The molecule has 7 nitrogen and oxygen atoms in total. The fraction of sp³-hybridized carbons (Fsp3) is 0.700. The Morgan fingerprint density at radius 3 is 2.16 bits per heavy atom. The van der Waals surface area contributed by atoms with Crippen molar-refractivity contribution in [3.63, 3.8) is 0 Å².